The molecule has 1 aromatic heterocycles. The molecule has 1 aliphatic heterocycles. The predicted octanol–water partition coefficient (Wildman–Crippen LogP) is 2.65. The molecule has 0 saturated carbocycles. The van der Waals surface area contributed by atoms with E-state index in [1.807, 2.05) is 17.5 Å². The van der Waals surface area contributed by atoms with E-state index >= 15 is 0 Å². The third-order valence-corrected chi connectivity index (χ3v) is 4.62. The first-order valence-electron chi connectivity index (χ1n) is 6.21. The average molecular weight is 277 g/mol. The fourth-order valence-corrected chi connectivity index (χ4v) is 3.60. The second-order valence-corrected chi connectivity index (χ2v) is 5.67. The summed E-state index contributed by atoms with van der Waals surface area (Å²) in [4.78, 5) is 11.0. The van der Waals surface area contributed by atoms with E-state index in [1.165, 1.54) is 5.56 Å². The molecule has 1 aliphatic rings. The number of thiophene rings is 1. The van der Waals surface area contributed by atoms with Crippen LogP contribution in [0.15, 0.2) is 23.6 Å². The first kappa shape index (κ1) is 12.4. The summed E-state index contributed by atoms with van der Waals surface area (Å²) in [5.41, 5.74) is 1.17. The molecule has 5 heteroatoms. The lowest BCUT2D eigenvalue weighted by Crippen LogP contribution is -2.17. The Hall–Kier alpha value is -1.59. The molecule has 0 spiro atoms. The Labute approximate surface area is 115 Å². The van der Waals surface area contributed by atoms with Crippen molar-refractivity contribution in [2.45, 2.75) is 12.5 Å². The van der Waals surface area contributed by atoms with Gasteiger partial charge in [0.15, 0.2) is 0 Å². The predicted molar refractivity (Wildman–Crippen MR) is 74.9 cm³/mol. The molecule has 2 aromatic rings. The smallest absolute Gasteiger partial charge is 0.307 e. The molecular formula is C14H15NO3S. The first-order chi connectivity index (χ1) is 9.20. The van der Waals surface area contributed by atoms with Gasteiger partial charge in [-0.25, -0.2) is 0 Å². The summed E-state index contributed by atoms with van der Waals surface area (Å²) in [7, 11) is 1.67. The van der Waals surface area contributed by atoms with Crippen molar-refractivity contribution in [1.29, 1.82) is 0 Å². The van der Waals surface area contributed by atoms with Crippen molar-refractivity contribution >= 4 is 27.4 Å². The molecule has 4 nitrogen and oxygen atoms in total. The van der Waals surface area contributed by atoms with Gasteiger partial charge >= 0.3 is 5.97 Å². The Morgan fingerprint density at radius 2 is 2.32 bits per heavy atom. The summed E-state index contributed by atoms with van der Waals surface area (Å²) in [6, 6.07) is 6.19. The van der Waals surface area contributed by atoms with Crippen LogP contribution in [0.2, 0.25) is 0 Å². The maximum absolute atomic E-state index is 11.0. The van der Waals surface area contributed by atoms with Crippen LogP contribution in [0.1, 0.15) is 18.0 Å². The maximum Gasteiger partial charge on any atom is 0.307 e. The minimum absolute atomic E-state index is 0.115. The number of hydrogen-bond donors (Lipinski definition) is 2. The van der Waals surface area contributed by atoms with E-state index in [2.05, 4.69) is 11.4 Å². The van der Waals surface area contributed by atoms with Crippen molar-refractivity contribution in [3.63, 3.8) is 0 Å². The van der Waals surface area contributed by atoms with Gasteiger partial charge in [0, 0.05) is 18.0 Å². The number of rotatable bonds is 3. The van der Waals surface area contributed by atoms with Crippen molar-refractivity contribution in [3.05, 3.63) is 29.1 Å². The van der Waals surface area contributed by atoms with Gasteiger partial charge in [-0.15, -0.1) is 11.3 Å². The van der Waals surface area contributed by atoms with Crippen LogP contribution in [0.5, 0.6) is 5.75 Å². The molecule has 0 radical (unpaired) electrons. The first-order valence-corrected chi connectivity index (χ1v) is 7.09. The van der Waals surface area contributed by atoms with Gasteiger partial charge in [0.2, 0.25) is 0 Å². The molecular weight excluding hydrogens is 262 g/mol. The number of carboxylic acids is 1. The molecule has 3 rings (SSSR count). The van der Waals surface area contributed by atoms with Gasteiger partial charge < -0.3 is 15.2 Å². The minimum atomic E-state index is -0.718. The molecule has 0 amide bonds. The van der Waals surface area contributed by atoms with Gasteiger partial charge in [0.05, 0.1) is 17.7 Å². The fourth-order valence-electron chi connectivity index (χ4n) is 2.68. The van der Waals surface area contributed by atoms with Gasteiger partial charge in [-0.1, -0.05) is 6.07 Å². The zero-order chi connectivity index (χ0) is 13.4. The molecule has 100 valence electrons. The van der Waals surface area contributed by atoms with E-state index in [-0.39, 0.29) is 12.0 Å². The lowest BCUT2D eigenvalue weighted by atomic mass is 9.97. The average Bonchev–Trinajstić information content (AvgIpc) is 3.06. The van der Waals surface area contributed by atoms with Gasteiger partial charge in [-0.05, 0) is 29.5 Å². The fraction of sp³-hybridized carbons (Fsp3) is 0.357. The van der Waals surface area contributed by atoms with Gasteiger partial charge in [-0.2, -0.15) is 0 Å². The number of methoxy groups -OCH3 is 1. The summed E-state index contributed by atoms with van der Waals surface area (Å²) in [5.74, 6) is -0.132. The lowest BCUT2D eigenvalue weighted by molar-refractivity contribution is -0.141. The number of fused-ring (bicyclic) bond motifs is 1. The summed E-state index contributed by atoms with van der Waals surface area (Å²) < 4.78 is 6.48. The number of nitrogens with one attached hydrogen (secondary N) is 1. The molecule has 0 aliphatic carbocycles. The maximum atomic E-state index is 11.0. The van der Waals surface area contributed by atoms with Gasteiger partial charge in [0.1, 0.15) is 5.75 Å². The quantitative estimate of drug-likeness (QED) is 0.905. The molecule has 0 bridgehead atoms. The Morgan fingerprint density at radius 1 is 1.47 bits per heavy atom. The van der Waals surface area contributed by atoms with Crippen LogP contribution in [0, 0.1) is 5.92 Å². The number of carbonyl (C=O) groups is 1. The molecule has 1 saturated heterocycles. The summed E-state index contributed by atoms with van der Waals surface area (Å²) in [5, 5.41) is 15.6. The van der Waals surface area contributed by atoms with Crippen molar-refractivity contribution < 1.29 is 14.6 Å². The van der Waals surface area contributed by atoms with E-state index in [4.69, 9.17) is 9.84 Å². The van der Waals surface area contributed by atoms with Crippen LogP contribution in [-0.2, 0) is 4.79 Å². The Morgan fingerprint density at radius 3 is 3.00 bits per heavy atom. The number of carboxylic acid groups (broad SMARTS) is 1. The van der Waals surface area contributed by atoms with E-state index in [1.54, 1.807) is 18.4 Å². The third kappa shape index (κ3) is 2.09. The summed E-state index contributed by atoms with van der Waals surface area (Å²) >= 11 is 1.65. The van der Waals surface area contributed by atoms with Crippen LogP contribution in [-0.4, -0.2) is 24.7 Å². The van der Waals surface area contributed by atoms with Crippen molar-refractivity contribution in [2.75, 3.05) is 13.7 Å². The van der Waals surface area contributed by atoms with E-state index in [0.717, 1.165) is 15.8 Å². The molecule has 2 heterocycles. The molecule has 2 unspecified atom stereocenters. The number of hydrogen-bond acceptors (Lipinski definition) is 4. The Bertz CT molecular complexity index is 622. The van der Waals surface area contributed by atoms with E-state index < -0.39 is 5.97 Å². The molecule has 19 heavy (non-hydrogen) atoms. The van der Waals surface area contributed by atoms with Crippen LogP contribution >= 0.6 is 11.3 Å². The standard InChI is InChI=1S/C14H15NO3S/c1-18-12-3-2-9(10-4-5-19-13(10)12)11-6-8(7-15-11)14(16)17/h2-5,8,11,15H,6-7H2,1H3,(H,16,17). The number of benzene rings is 1. The van der Waals surface area contributed by atoms with Gasteiger partial charge in [0.25, 0.3) is 0 Å². The van der Waals surface area contributed by atoms with Crippen LogP contribution < -0.4 is 10.1 Å². The third-order valence-electron chi connectivity index (χ3n) is 3.69. The largest absolute Gasteiger partial charge is 0.495 e. The topological polar surface area (TPSA) is 58.6 Å². The van der Waals surface area contributed by atoms with E-state index in [9.17, 15) is 4.79 Å². The normalized spacial score (nSPS) is 22.8. The van der Waals surface area contributed by atoms with E-state index in [0.29, 0.717) is 13.0 Å². The van der Waals surface area contributed by atoms with Crippen LogP contribution in [0.25, 0.3) is 10.1 Å². The second kappa shape index (κ2) is 4.83. The minimum Gasteiger partial charge on any atom is -0.495 e. The molecule has 2 N–H and O–H groups in total. The lowest BCUT2D eigenvalue weighted by Gasteiger charge is -2.13. The molecule has 2 atom stereocenters. The van der Waals surface area contributed by atoms with Crippen LogP contribution in [0.3, 0.4) is 0 Å². The van der Waals surface area contributed by atoms with Gasteiger partial charge in [-0.3, -0.25) is 4.79 Å². The number of ether oxygens (including phenoxy) is 1. The highest BCUT2D eigenvalue weighted by molar-refractivity contribution is 7.17. The van der Waals surface area contributed by atoms with Crippen molar-refractivity contribution in [3.8, 4) is 5.75 Å². The molecule has 1 fully saturated rings. The monoisotopic (exact) mass is 277 g/mol. The second-order valence-electron chi connectivity index (χ2n) is 4.75. The zero-order valence-electron chi connectivity index (χ0n) is 10.6. The number of aliphatic carboxylic acids is 1. The van der Waals surface area contributed by atoms with Crippen molar-refractivity contribution in [2.24, 2.45) is 5.92 Å². The summed E-state index contributed by atoms with van der Waals surface area (Å²) in [6.45, 7) is 0.539. The highest BCUT2D eigenvalue weighted by Gasteiger charge is 2.31. The highest BCUT2D eigenvalue weighted by atomic mass is 32.1. The SMILES string of the molecule is COc1ccc(C2CC(C(=O)O)CN2)c2ccsc12. The summed E-state index contributed by atoms with van der Waals surface area (Å²) in [6.07, 6.45) is 0.645. The van der Waals surface area contributed by atoms with Crippen molar-refractivity contribution in [1.82, 2.24) is 5.32 Å². The zero-order valence-corrected chi connectivity index (χ0v) is 11.4. The Kier molecular flexibility index (Phi) is 3.16. The highest BCUT2D eigenvalue weighted by Crippen LogP contribution is 2.38. The molecule has 1 aromatic carbocycles. The Balaban J connectivity index is 1.98. The van der Waals surface area contributed by atoms with Crippen LogP contribution in [0.4, 0.5) is 0 Å².